The predicted molar refractivity (Wildman–Crippen MR) is 100 cm³/mol. The average molecular weight is 394 g/mol. The molecule has 1 amide bonds. The first-order valence-electron chi connectivity index (χ1n) is 9.35. The highest BCUT2D eigenvalue weighted by atomic mass is 32.2. The summed E-state index contributed by atoms with van der Waals surface area (Å²) in [7, 11) is -3.60. The number of hydrogen-bond acceptors (Lipinski definition) is 5. The SMILES string of the molecule is CC(=O)N1CC(C)(C)c2cc(S(=O)(=O)N3CCC4(CC3)OCCO4)ccc21. The Morgan fingerprint density at radius 3 is 2.33 bits per heavy atom. The van der Waals surface area contributed by atoms with Crippen LogP contribution in [0.5, 0.6) is 0 Å². The number of amides is 1. The zero-order valence-corrected chi connectivity index (χ0v) is 16.8. The third kappa shape index (κ3) is 3.08. The first kappa shape index (κ1) is 18.9. The Morgan fingerprint density at radius 2 is 1.74 bits per heavy atom. The van der Waals surface area contributed by atoms with Crippen molar-refractivity contribution in [1.82, 2.24) is 4.31 Å². The highest BCUT2D eigenvalue weighted by Crippen LogP contribution is 2.42. The molecular formula is C19H26N2O5S. The molecule has 0 aromatic heterocycles. The Bertz CT molecular complexity index is 864. The van der Waals surface area contributed by atoms with Crippen molar-refractivity contribution in [3.8, 4) is 0 Å². The average Bonchev–Trinajstić information content (AvgIpc) is 3.18. The normalized spacial score (nSPS) is 24.3. The number of carbonyl (C=O) groups excluding carboxylic acids is 1. The van der Waals surface area contributed by atoms with Gasteiger partial charge in [0.2, 0.25) is 15.9 Å². The maximum Gasteiger partial charge on any atom is 0.243 e. The summed E-state index contributed by atoms with van der Waals surface area (Å²) < 4.78 is 39.2. The monoisotopic (exact) mass is 394 g/mol. The minimum atomic E-state index is -3.60. The molecule has 27 heavy (non-hydrogen) atoms. The third-order valence-corrected chi connectivity index (χ3v) is 7.75. The number of anilines is 1. The van der Waals surface area contributed by atoms with E-state index in [1.807, 2.05) is 13.8 Å². The lowest BCUT2D eigenvalue weighted by atomic mass is 9.87. The molecule has 3 aliphatic rings. The van der Waals surface area contributed by atoms with Crippen molar-refractivity contribution in [1.29, 1.82) is 0 Å². The standard InChI is InChI=1S/C19H26N2O5S/c1-14(22)21-13-18(2,3)16-12-15(4-5-17(16)21)27(23,24)20-8-6-19(7-9-20)25-10-11-26-19/h4-5,12H,6-11,13H2,1-3H3. The van der Waals surface area contributed by atoms with Crippen LogP contribution in [0.1, 0.15) is 39.2 Å². The number of nitrogens with zero attached hydrogens (tertiary/aromatic N) is 2. The molecule has 0 N–H and O–H groups in total. The molecule has 3 aliphatic heterocycles. The van der Waals surface area contributed by atoms with Gasteiger partial charge in [0, 0.05) is 50.5 Å². The van der Waals surface area contributed by atoms with Crippen LogP contribution in [0.15, 0.2) is 23.1 Å². The van der Waals surface area contributed by atoms with Crippen molar-refractivity contribution in [3.05, 3.63) is 23.8 Å². The van der Waals surface area contributed by atoms with Crippen LogP contribution < -0.4 is 4.90 Å². The molecule has 0 bridgehead atoms. The summed E-state index contributed by atoms with van der Waals surface area (Å²) in [4.78, 5) is 13.9. The van der Waals surface area contributed by atoms with Crippen molar-refractivity contribution in [3.63, 3.8) is 0 Å². The molecule has 2 fully saturated rings. The smallest absolute Gasteiger partial charge is 0.243 e. The van der Waals surface area contributed by atoms with Crippen molar-refractivity contribution in [2.75, 3.05) is 37.7 Å². The number of carbonyl (C=O) groups is 1. The Kier molecular flexibility index (Phi) is 4.38. The summed E-state index contributed by atoms with van der Waals surface area (Å²) in [6, 6.07) is 5.10. The molecule has 0 saturated carbocycles. The van der Waals surface area contributed by atoms with E-state index in [2.05, 4.69) is 0 Å². The Morgan fingerprint density at radius 1 is 1.11 bits per heavy atom. The number of sulfonamides is 1. The van der Waals surface area contributed by atoms with E-state index in [9.17, 15) is 13.2 Å². The Balaban J connectivity index is 1.61. The molecule has 7 nitrogen and oxygen atoms in total. The van der Waals surface area contributed by atoms with Gasteiger partial charge in [-0.05, 0) is 23.8 Å². The zero-order valence-electron chi connectivity index (χ0n) is 16.0. The molecule has 0 radical (unpaired) electrons. The van der Waals surface area contributed by atoms with Crippen LogP contribution in [0.25, 0.3) is 0 Å². The van der Waals surface area contributed by atoms with E-state index >= 15 is 0 Å². The van der Waals surface area contributed by atoms with Gasteiger partial charge < -0.3 is 14.4 Å². The van der Waals surface area contributed by atoms with Gasteiger partial charge in [-0.3, -0.25) is 4.79 Å². The lowest BCUT2D eigenvalue weighted by Crippen LogP contribution is -2.47. The van der Waals surface area contributed by atoms with E-state index < -0.39 is 15.8 Å². The van der Waals surface area contributed by atoms with Crippen molar-refractivity contribution >= 4 is 21.6 Å². The lowest BCUT2D eigenvalue weighted by molar-refractivity contribution is -0.179. The maximum absolute atomic E-state index is 13.2. The second-order valence-electron chi connectivity index (χ2n) is 8.18. The molecule has 3 heterocycles. The minimum absolute atomic E-state index is 0.0321. The summed E-state index contributed by atoms with van der Waals surface area (Å²) >= 11 is 0. The number of ether oxygens (including phenoxy) is 2. The fraction of sp³-hybridized carbons (Fsp3) is 0.632. The van der Waals surface area contributed by atoms with Gasteiger partial charge in [0.25, 0.3) is 0 Å². The summed E-state index contributed by atoms with van der Waals surface area (Å²) in [6.45, 7) is 8.05. The zero-order chi connectivity index (χ0) is 19.4. The van der Waals surface area contributed by atoms with Crippen LogP contribution in [0.3, 0.4) is 0 Å². The molecule has 1 aromatic rings. The Hall–Kier alpha value is -1.48. The summed E-state index contributed by atoms with van der Waals surface area (Å²) in [6.07, 6.45) is 1.08. The van der Waals surface area contributed by atoms with Crippen LogP contribution >= 0.6 is 0 Å². The van der Waals surface area contributed by atoms with Crippen molar-refractivity contribution in [2.45, 2.75) is 49.7 Å². The van der Waals surface area contributed by atoms with Gasteiger partial charge in [0.1, 0.15) is 0 Å². The number of rotatable bonds is 2. The largest absolute Gasteiger partial charge is 0.347 e. The fourth-order valence-electron chi connectivity index (χ4n) is 4.30. The van der Waals surface area contributed by atoms with Crippen LogP contribution in [-0.4, -0.2) is 57.3 Å². The van der Waals surface area contributed by atoms with Crippen molar-refractivity contribution < 1.29 is 22.7 Å². The van der Waals surface area contributed by atoms with Gasteiger partial charge in [-0.2, -0.15) is 4.31 Å². The second kappa shape index (κ2) is 6.27. The third-order valence-electron chi connectivity index (χ3n) is 5.86. The highest BCUT2D eigenvalue weighted by Gasteiger charge is 2.43. The maximum atomic E-state index is 13.2. The van der Waals surface area contributed by atoms with E-state index in [-0.39, 0.29) is 16.2 Å². The Labute approximate surface area is 160 Å². The lowest BCUT2D eigenvalue weighted by Gasteiger charge is -2.36. The highest BCUT2D eigenvalue weighted by molar-refractivity contribution is 7.89. The first-order chi connectivity index (χ1) is 12.6. The minimum Gasteiger partial charge on any atom is -0.347 e. The first-order valence-corrected chi connectivity index (χ1v) is 10.8. The molecule has 0 unspecified atom stereocenters. The molecular weight excluding hydrogens is 368 g/mol. The fourth-order valence-corrected chi connectivity index (χ4v) is 5.77. The molecule has 148 valence electrons. The second-order valence-corrected chi connectivity index (χ2v) is 10.1. The molecule has 0 aliphatic carbocycles. The summed E-state index contributed by atoms with van der Waals surface area (Å²) in [5, 5.41) is 0. The summed E-state index contributed by atoms with van der Waals surface area (Å²) in [5.41, 5.74) is 1.41. The molecule has 1 aromatic carbocycles. The molecule has 0 atom stereocenters. The predicted octanol–water partition coefficient (Wildman–Crippen LogP) is 1.86. The van der Waals surface area contributed by atoms with Gasteiger partial charge in [-0.1, -0.05) is 13.8 Å². The number of benzene rings is 1. The molecule has 2 saturated heterocycles. The van der Waals surface area contributed by atoms with Gasteiger partial charge in [0.15, 0.2) is 5.79 Å². The van der Waals surface area contributed by atoms with E-state index in [0.717, 1.165) is 11.3 Å². The van der Waals surface area contributed by atoms with E-state index in [1.165, 1.54) is 11.2 Å². The van der Waals surface area contributed by atoms with E-state index in [4.69, 9.17) is 9.47 Å². The molecule has 1 spiro atoms. The topological polar surface area (TPSA) is 76.2 Å². The number of fused-ring (bicyclic) bond motifs is 1. The van der Waals surface area contributed by atoms with Gasteiger partial charge >= 0.3 is 0 Å². The van der Waals surface area contributed by atoms with E-state index in [1.54, 1.807) is 23.1 Å². The van der Waals surface area contributed by atoms with Crippen LogP contribution in [0, 0.1) is 0 Å². The number of hydrogen-bond donors (Lipinski definition) is 0. The van der Waals surface area contributed by atoms with Gasteiger partial charge in [-0.25, -0.2) is 8.42 Å². The molecule has 4 rings (SSSR count). The van der Waals surface area contributed by atoms with E-state index in [0.29, 0.717) is 45.7 Å². The van der Waals surface area contributed by atoms with Crippen LogP contribution in [-0.2, 0) is 29.7 Å². The van der Waals surface area contributed by atoms with Crippen LogP contribution in [0.4, 0.5) is 5.69 Å². The van der Waals surface area contributed by atoms with Gasteiger partial charge in [0.05, 0.1) is 18.1 Å². The molecule has 8 heteroatoms. The number of piperidine rings is 1. The quantitative estimate of drug-likeness (QED) is 0.765. The summed E-state index contributed by atoms with van der Waals surface area (Å²) in [5.74, 6) is -0.635. The van der Waals surface area contributed by atoms with Gasteiger partial charge in [-0.15, -0.1) is 0 Å². The van der Waals surface area contributed by atoms with Crippen molar-refractivity contribution in [2.24, 2.45) is 0 Å². The van der Waals surface area contributed by atoms with Crippen LogP contribution in [0.2, 0.25) is 0 Å².